The first-order valence-corrected chi connectivity index (χ1v) is 10.2. The summed E-state index contributed by atoms with van der Waals surface area (Å²) in [6, 6.07) is 12.9. The number of pyridine rings is 1. The van der Waals surface area contributed by atoms with E-state index in [1.54, 1.807) is 31.2 Å². The van der Waals surface area contributed by atoms with E-state index in [1.165, 1.54) is 5.56 Å². The maximum atomic E-state index is 12.4. The molecule has 0 aliphatic heterocycles. The molecule has 156 valence electrons. The van der Waals surface area contributed by atoms with Crippen LogP contribution < -0.4 is 16.2 Å². The van der Waals surface area contributed by atoms with E-state index in [0.717, 1.165) is 22.2 Å². The predicted octanol–water partition coefficient (Wildman–Crippen LogP) is 3.85. The van der Waals surface area contributed by atoms with Gasteiger partial charge in [-0.3, -0.25) is 4.79 Å². The van der Waals surface area contributed by atoms with Crippen molar-refractivity contribution in [2.45, 2.75) is 27.2 Å². The van der Waals surface area contributed by atoms with Gasteiger partial charge in [-0.2, -0.15) is 0 Å². The number of benzene rings is 2. The van der Waals surface area contributed by atoms with Crippen LogP contribution in [-0.4, -0.2) is 29.2 Å². The highest BCUT2D eigenvalue weighted by molar-refractivity contribution is 7.80. The number of ether oxygens (including phenoxy) is 1. The molecule has 0 amide bonds. The summed E-state index contributed by atoms with van der Waals surface area (Å²) < 4.78 is 4.97. The second-order valence-electron chi connectivity index (χ2n) is 7.08. The number of aromatic amines is 1. The third kappa shape index (κ3) is 5.24. The van der Waals surface area contributed by atoms with Crippen molar-refractivity contribution >= 4 is 39.9 Å². The number of anilines is 1. The molecule has 0 aliphatic rings. The summed E-state index contributed by atoms with van der Waals surface area (Å²) in [5.74, 6) is -0.351. The van der Waals surface area contributed by atoms with Gasteiger partial charge in [0.1, 0.15) is 0 Å². The van der Waals surface area contributed by atoms with Crippen LogP contribution in [0.1, 0.15) is 34.0 Å². The minimum absolute atomic E-state index is 0.0824. The number of aryl methyl sites for hydroxylation is 2. The summed E-state index contributed by atoms with van der Waals surface area (Å²) in [5.41, 5.74) is 5.07. The fourth-order valence-electron chi connectivity index (χ4n) is 3.10. The molecule has 0 aliphatic carbocycles. The highest BCUT2D eigenvalue weighted by Gasteiger charge is 2.07. The van der Waals surface area contributed by atoms with Crippen LogP contribution in [0.2, 0.25) is 0 Å². The largest absolute Gasteiger partial charge is 0.462 e. The molecule has 0 bridgehead atoms. The number of esters is 1. The van der Waals surface area contributed by atoms with Crippen molar-refractivity contribution in [2.75, 3.05) is 18.5 Å². The van der Waals surface area contributed by atoms with E-state index in [-0.39, 0.29) is 11.5 Å². The van der Waals surface area contributed by atoms with E-state index in [9.17, 15) is 9.59 Å². The van der Waals surface area contributed by atoms with Gasteiger partial charge in [-0.05, 0) is 98.4 Å². The highest BCUT2D eigenvalue weighted by atomic mass is 32.1. The molecule has 0 saturated carbocycles. The van der Waals surface area contributed by atoms with E-state index >= 15 is 0 Å². The zero-order valence-corrected chi connectivity index (χ0v) is 18.1. The first kappa shape index (κ1) is 21.5. The summed E-state index contributed by atoms with van der Waals surface area (Å²) in [6.07, 6.45) is 0.543. The summed E-state index contributed by atoms with van der Waals surface area (Å²) in [5, 5.41) is 7.65. The molecule has 3 aromatic rings. The Morgan fingerprint density at radius 2 is 1.80 bits per heavy atom. The molecule has 3 N–H and O–H groups in total. The van der Waals surface area contributed by atoms with Crippen molar-refractivity contribution in [3.8, 4) is 0 Å². The molecule has 0 radical (unpaired) electrons. The van der Waals surface area contributed by atoms with Gasteiger partial charge in [0.25, 0.3) is 5.56 Å². The maximum absolute atomic E-state index is 12.4. The first-order chi connectivity index (χ1) is 14.4. The number of carbonyl (C=O) groups excluding carboxylic acids is 1. The van der Waals surface area contributed by atoms with Gasteiger partial charge in [0.2, 0.25) is 0 Å². The van der Waals surface area contributed by atoms with E-state index in [0.29, 0.717) is 35.8 Å². The molecule has 1 heterocycles. The lowest BCUT2D eigenvalue weighted by molar-refractivity contribution is 0.0526. The third-order valence-corrected chi connectivity index (χ3v) is 5.12. The fraction of sp³-hybridized carbons (Fsp3) is 0.261. The van der Waals surface area contributed by atoms with Crippen LogP contribution >= 0.6 is 12.2 Å². The number of carbonyl (C=O) groups is 1. The molecule has 0 spiro atoms. The Morgan fingerprint density at radius 3 is 2.50 bits per heavy atom. The molecule has 6 nitrogen and oxygen atoms in total. The molecule has 0 fully saturated rings. The minimum Gasteiger partial charge on any atom is -0.462 e. The second-order valence-corrected chi connectivity index (χ2v) is 7.48. The van der Waals surface area contributed by atoms with Crippen molar-refractivity contribution in [1.82, 2.24) is 10.3 Å². The monoisotopic (exact) mass is 423 g/mol. The summed E-state index contributed by atoms with van der Waals surface area (Å²) in [4.78, 5) is 27.0. The van der Waals surface area contributed by atoms with Gasteiger partial charge in [-0.1, -0.05) is 0 Å². The van der Waals surface area contributed by atoms with E-state index in [1.807, 2.05) is 19.1 Å². The normalized spacial score (nSPS) is 10.6. The van der Waals surface area contributed by atoms with Gasteiger partial charge in [0, 0.05) is 23.3 Å². The lowest BCUT2D eigenvalue weighted by Gasteiger charge is -2.11. The molecule has 0 unspecified atom stereocenters. The predicted molar refractivity (Wildman–Crippen MR) is 124 cm³/mol. The Kier molecular flexibility index (Phi) is 6.84. The minimum atomic E-state index is -0.351. The molecular weight excluding hydrogens is 398 g/mol. The zero-order valence-electron chi connectivity index (χ0n) is 17.3. The number of fused-ring (bicyclic) bond motifs is 1. The van der Waals surface area contributed by atoms with Gasteiger partial charge in [-0.15, -0.1) is 0 Å². The van der Waals surface area contributed by atoms with Gasteiger partial charge in [-0.25, -0.2) is 4.79 Å². The van der Waals surface area contributed by atoms with Crippen LogP contribution in [0.5, 0.6) is 0 Å². The third-order valence-electron chi connectivity index (χ3n) is 4.87. The lowest BCUT2D eigenvalue weighted by Crippen LogP contribution is -2.31. The average Bonchev–Trinajstić information content (AvgIpc) is 2.70. The summed E-state index contributed by atoms with van der Waals surface area (Å²) in [7, 11) is 0. The molecule has 30 heavy (non-hydrogen) atoms. The zero-order chi connectivity index (χ0) is 21.7. The Balaban J connectivity index is 1.56. The van der Waals surface area contributed by atoms with E-state index in [4.69, 9.17) is 17.0 Å². The number of H-pyrrole nitrogens is 1. The first-order valence-electron chi connectivity index (χ1n) is 9.82. The smallest absolute Gasteiger partial charge is 0.338 e. The van der Waals surface area contributed by atoms with Gasteiger partial charge in [0.15, 0.2) is 5.11 Å². The maximum Gasteiger partial charge on any atom is 0.338 e. The standard InChI is InChI=1S/C23H25N3O3S/c1-4-29-22(28)16-5-7-19(8-6-16)25-23(30)24-10-9-17-13-18-11-14(2)15(3)12-20(18)26-21(17)27/h5-8,11-13H,4,9-10H2,1-3H3,(H,26,27)(H2,24,25,30). The number of nitrogens with one attached hydrogen (secondary N) is 3. The Labute approximate surface area is 180 Å². The number of hydrogen-bond acceptors (Lipinski definition) is 4. The summed E-state index contributed by atoms with van der Waals surface area (Å²) in [6.45, 7) is 6.72. The SMILES string of the molecule is CCOC(=O)c1ccc(NC(=S)NCCc2cc3cc(C)c(C)cc3[nH]c2=O)cc1. The molecule has 2 aromatic carbocycles. The van der Waals surface area contributed by atoms with Crippen LogP contribution in [0.15, 0.2) is 47.3 Å². The van der Waals surface area contributed by atoms with Crippen LogP contribution in [0, 0.1) is 13.8 Å². The molecule has 3 rings (SSSR count). The van der Waals surface area contributed by atoms with Gasteiger partial charge < -0.3 is 20.4 Å². The van der Waals surface area contributed by atoms with Crippen LogP contribution in [0.4, 0.5) is 5.69 Å². The Morgan fingerprint density at radius 1 is 1.10 bits per heavy atom. The van der Waals surface area contributed by atoms with Crippen LogP contribution in [0.25, 0.3) is 10.9 Å². The van der Waals surface area contributed by atoms with Crippen molar-refractivity contribution in [1.29, 1.82) is 0 Å². The number of thiocarbonyl (C=S) groups is 1. The second kappa shape index (κ2) is 9.54. The number of rotatable bonds is 6. The number of hydrogen-bond donors (Lipinski definition) is 3. The van der Waals surface area contributed by atoms with Crippen LogP contribution in [0.3, 0.4) is 0 Å². The lowest BCUT2D eigenvalue weighted by atomic mass is 10.0. The van der Waals surface area contributed by atoms with Crippen LogP contribution in [-0.2, 0) is 11.2 Å². The van der Waals surface area contributed by atoms with Crippen molar-refractivity contribution in [3.05, 3.63) is 75.1 Å². The van der Waals surface area contributed by atoms with E-state index < -0.39 is 0 Å². The van der Waals surface area contributed by atoms with Crippen molar-refractivity contribution in [2.24, 2.45) is 0 Å². The van der Waals surface area contributed by atoms with Crippen molar-refractivity contribution in [3.63, 3.8) is 0 Å². The highest BCUT2D eigenvalue weighted by Crippen LogP contribution is 2.17. The van der Waals surface area contributed by atoms with E-state index in [2.05, 4.69) is 28.6 Å². The Hall–Kier alpha value is -3.19. The molecule has 1 aromatic heterocycles. The average molecular weight is 424 g/mol. The molecular formula is C23H25N3O3S. The van der Waals surface area contributed by atoms with Gasteiger partial charge >= 0.3 is 5.97 Å². The quantitative estimate of drug-likeness (QED) is 0.413. The fourth-order valence-corrected chi connectivity index (χ4v) is 3.32. The molecule has 0 saturated heterocycles. The molecule has 7 heteroatoms. The molecule has 0 atom stereocenters. The topological polar surface area (TPSA) is 83.2 Å². The summed E-state index contributed by atoms with van der Waals surface area (Å²) >= 11 is 5.32. The Bertz CT molecular complexity index is 1140. The van der Waals surface area contributed by atoms with Crippen molar-refractivity contribution < 1.29 is 9.53 Å². The number of aromatic nitrogens is 1. The van der Waals surface area contributed by atoms with Gasteiger partial charge in [0.05, 0.1) is 12.2 Å².